The molecule has 22 heavy (non-hydrogen) atoms. The molecule has 4 amide bonds. The molecule has 7 heteroatoms. The molecule has 1 heterocycles. The number of hydrogen-bond donors (Lipinski definition) is 1. The van der Waals surface area contributed by atoms with Crippen LogP contribution >= 0.6 is 11.8 Å². The zero-order valence-corrected chi connectivity index (χ0v) is 14.2. The molecule has 6 nitrogen and oxygen atoms in total. The predicted molar refractivity (Wildman–Crippen MR) is 86.7 cm³/mol. The highest BCUT2D eigenvalue weighted by Gasteiger charge is 2.39. The molecular formula is C15H25N3O3S. The molecule has 2 aliphatic rings. The minimum absolute atomic E-state index is 0.145. The summed E-state index contributed by atoms with van der Waals surface area (Å²) in [5.74, 6) is 0.380. The Hall–Kier alpha value is -1.24. The number of carbonyl (C=O) groups is 3. The molecule has 0 bridgehead atoms. The third kappa shape index (κ3) is 3.94. The van der Waals surface area contributed by atoms with Crippen molar-refractivity contribution >= 4 is 29.6 Å². The molecule has 1 saturated carbocycles. The molecule has 0 aromatic heterocycles. The predicted octanol–water partition coefficient (Wildman–Crippen LogP) is 1.45. The van der Waals surface area contributed by atoms with Crippen LogP contribution in [0.25, 0.3) is 0 Å². The molecule has 0 aromatic rings. The third-order valence-corrected chi connectivity index (χ3v) is 5.17. The van der Waals surface area contributed by atoms with Gasteiger partial charge in [-0.15, -0.1) is 0 Å². The molecule has 1 aliphatic carbocycles. The van der Waals surface area contributed by atoms with Gasteiger partial charge in [-0.3, -0.25) is 14.5 Å². The zero-order valence-electron chi connectivity index (χ0n) is 13.3. The first-order valence-corrected chi connectivity index (χ1v) is 9.30. The Balaban J connectivity index is 1.90. The van der Waals surface area contributed by atoms with E-state index in [9.17, 15) is 14.4 Å². The monoisotopic (exact) mass is 327 g/mol. The Bertz CT molecular complexity index is 438. The first-order valence-electron chi connectivity index (χ1n) is 7.91. The van der Waals surface area contributed by atoms with Crippen molar-refractivity contribution in [3.05, 3.63) is 0 Å². The van der Waals surface area contributed by atoms with Crippen LogP contribution in [0.5, 0.6) is 0 Å². The van der Waals surface area contributed by atoms with Gasteiger partial charge in [-0.25, -0.2) is 4.79 Å². The number of thioether (sulfide) groups is 1. The van der Waals surface area contributed by atoms with E-state index < -0.39 is 12.1 Å². The fourth-order valence-corrected chi connectivity index (χ4v) is 3.55. The van der Waals surface area contributed by atoms with E-state index in [4.69, 9.17) is 0 Å². The van der Waals surface area contributed by atoms with Gasteiger partial charge in [-0.1, -0.05) is 19.3 Å². The van der Waals surface area contributed by atoms with Crippen LogP contribution < -0.4 is 5.32 Å². The van der Waals surface area contributed by atoms with Crippen LogP contribution in [-0.2, 0) is 9.59 Å². The van der Waals surface area contributed by atoms with Gasteiger partial charge in [-0.2, -0.15) is 11.8 Å². The van der Waals surface area contributed by atoms with E-state index in [1.165, 1.54) is 6.42 Å². The lowest BCUT2D eigenvalue weighted by Crippen LogP contribution is -2.46. The van der Waals surface area contributed by atoms with Crippen molar-refractivity contribution < 1.29 is 14.4 Å². The molecule has 1 saturated heterocycles. The summed E-state index contributed by atoms with van der Waals surface area (Å²) < 4.78 is 0. The maximum absolute atomic E-state index is 12.4. The Morgan fingerprint density at radius 2 is 2.00 bits per heavy atom. The second kappa shape index (κ2) is 7.85. The SMILES string of the molecule is CSCC[C@@H]1NC(=O)N(CC(=O)N(C)C2CCCCC2)C1=O. The zero-order chi connectivity index (χ0) is 16.1. The quantitative estimate of drug-likeness (QED) is 0.750. The van der Waals surface area contributed by atoms with Crippen LogP contribution in [0, 0.1) is 0 Å². The molecule has 0 radical (unpaired) electrons. The Labute approximate surface area is 136 Å². The summed E-state index contributed by atoms with van der Waals surface area (Å²) in [6, 6.07) is -0.677. The summed E-state index contributed by atoms with van der Waals surface area (Å²) >= 11 is 1.63. The lowest BCUT2D eigenvalue weighted by atomic mass is 9.94. The van der Waals surface area contributed by atoms with Crippen molar-refractivity contribution in [3.63, 3.8) is 0 Å². The van der Waals surface area contributed by atoms with Crippen LogP contribution in [-0.4, -0.2) is 65.3 Å². The molecule has 0 spiro atoms. The van der Waals surface area contributed by atoms with Gasteiger partial charge in [0.1, 0.15) is 12.6 Å². The number of nitrogens with zero attached hydrogens (tertiary/aromatic N) is 2. The first kappa shape index (κ1) is 17.1. The van der Waals surface area contributed by atoms with E-state index in [1.807, 2.05) is 6.26 Å². The number of rotatable bonds is 6. The molecule has 2 fully saturated rings. The van der Waals surface area contributed by atoms with Crippen LogP contribution in [0.3, 0.4) is 0 Å². The second-order valence-electron chi connectivity index (χ2n) is 6.00. The summed E-state index contributed by atoms with van der Waals surface area (Å²) in [5, 5.41) is 2.67. The van der Waals surface area contributed by atoms with Crippen molar-refractivity contribution in [1.82, 2.24) is 15.1 Å². The van der Waals surface area contributed by atoms with Crippen molar-refractivity contribution in [2.75, 3.05) is 25.6 Å². The molecule has 0 unspecified atom stereocenters. The van der Waals surface area contributed by atoms with E-state index in [0.29, 0.717) is 6.42 Å². The summed E-state index contributed by atoms with van der Waals surface area (Å²) in [4.78, 5) is 39.3. The molecule has 1 atom stereocenters. The normalized spacial score (nSPS) is 22.8. The number of carbonyl (C=O) groups excluding carboxylic acids is 3. The van der Waals surface area contributed by atoms with Crippen LogP contribution in [0.15, 0.2) is 0 Å². The number of amides is 4. The number of imide groups is 1. The summed E-state index contributed by atoms with van der Waals surface area (Å²) in [6.45, 7) is -0.145. The maximum atomic E-state index is 12.4. The lowest BCUT2D eigenvalue weighted by molar-refractivity contribution is -0.138. The molecule has 2 rings (SSSR count). The van der Waals surface area contributed by atoms with E-state index in [2.05, 4.69) is 5.32 Å². The molecule has 124 valence electrons. The first-order chi connectivity index (χ1) is 10.5. The number of likely N-dealkylation sites (N-methyl/N-ethyl adjacent to an activating group) is 1. The fraction of sp³-hybridized carbons (Fsp3) is 0.800. The summed E-state index contributed by atoms with van der Waals surface area (Å²) in [6.07, 6.45) is 8.10. The van der Waals surface area contributed by atoms with Crippen molar-refractivity contribution in [1.29, 1.82) is 0 Å². The highest BCUT2D eigenvalue weighted by Crippen LogP contribution is 2.22. The molecular weight excluding hydrogens is 302 g/mol. The highest BCUT2D eigenvalue weighted by atomic mass is 32.2. The van der Waals surface area contributed by atoms with Crippen LogP contribution in [0.1, 0.15) is 38.5 Å². The van der Waals surface area contributed by atoms with Gasteiger partial charge < -0.3 is 10.2 Å². The smallest absolute Gasteiger partial charge is 0.325 e. The van der Waals surface area contributed by atoms with E-state index in [-0.39, 0.29) is 24.4 Å². The third-order valence-electron chi connectivity index (χ3n) is 4.53. The average Bonchev–Trinajstić information content (AvgIpc) is 2.80. The van der Waals surface area contributed by atoms with Gasteiger partial charge >= 0.3 is 6.03 Å². The van der Waals surface area contributed by atoms with Gasteiger partial charge in [0.25, 0.3) is 5.91 Å². The van der Waals surface area contributed by atoms with E-state index in [1.54, 1.807) is 23.7 Å². The number of hydrogen-bond acceptors (Lipinski definition) is 4. The Morgan fingerprint density at radius 1 is 1.32 bits per heavy atom. The van der Waals surface area contributed by atoms with Gasteiger partial charge in [0.05, 0.1) is 0 Å². The van der Waals surface area contributed by atoms with Gasteiger partial charge in [0.2, 0.25) is 5.91 Å². The van der Waals surface area contributed by atoms with Gasteiger partial charge in [-0.05, 0) is 31.3 Å². The van der Waals surface area contributed by atoms with Crippen LogP contribution in [0.2, 0.25) is 0 Å². The topological polar surface area (TPSA) is 69.7 Å². The van der Waals surface area contributed by atoms with Gasteiger partial charge in [0, 0.05) is 13.1 Å². The maximum Gasteiger partial charge on any atom is 0.325 e. The highest BCUT2D eigenvalue weighted by molar-refractivity contribution is 7.98. The second-order valence-corrected chi connectivity index (χ2v) is 6.99. The van der Waals surface area contributed by atoms with Gasteiger partial charge in [0.15, 0.2) is 0 Å². The average molecular weight is 327 g/mol. The number of nitrogens with one attached hydrogen (secondary N) is 1. The Kier molecular flexibility index (Phi) is 6.11. The minimum Gasteiger partial charge on any atom is -0.341 e. The van der Waals surface area contributed by atoms with Crippen molar-refractivity contribution in [2.45, 2.75) is 50.6 Å². The molecule has 0 aromatic carbocycles. The minimum atomic E-state index is -0.479. The van der Waals surface area contributed by atoms with E-state index in [0.717, 1.165) is 36.3 Å². The molecule has 1 aliphatic heterocycles. The van der Waals surface area contributed by atoms with Crippen molar-refractivity contribution in [3.8, 4) is 0 Å². The molecule has 1 N–H and O–H groups in total. The lowest BCUT2D eigenvalue weighted by Gasteiger charge is -2.32. The van der Waals surface area contributed by atoms with Crippen LogP contribution in [0.4, 0.5) is 4.79 Å². The largest absolute Gasteiger partial charge is 0.341 e. The standard InChI is InChI=1S/C15H25N3O3S/c1-17(11-6-4-3-5-7-11)13(19)10-18-14(20)12(8-9-22-2)16-15(18)21/h11-12H,3-10H2,1-2H3,(H,16,21)/t12-/m0/s1. The number of urea groups is 1. The summed E-state index contributed by atoms with van der Waals surface area (Å²) in [5.41, 5.74) is 0. The summed E-state index contributed by atoms with van der Waals surface area (Å²) in [7, 11) is 1.78. The fourth-order valence-electron chi connectivity index (χ4n) is 3.08. The van der Waals surface area contributed by atoms with Crippen molar-refractivity contribution in [2.24, 2.45) is 0 Å². The van der Waals surface area contributed by atoms with E-state index >= 15 is 0 Å². The Morgan fingerprint density at radius 3 is 2.64 bits per heavy atom.